The third-order valence-electron chi connectivity index (χ3n) is 5.79. The topological polar surface area (TPSA) is 41.6 Å². The molecule has 0 aromatic heterocycles. The first kappa shape index (κ1) is 21.8. The highest BCUT2D eigenvalue weighted by atomic mass is 35.5. The third-order valence-corrected chi connectivity index (χ3v) is 6.08. The van der Waals surface area contributed by atoms with Crippen LogP contribution in [0.25, 0.3) is 10.8 Å². The number of nitrogens with one attached hydrogen (secondary N) is 1. The molecule has 0 spiro atoms. The van der Waals surface area contributed by atoms with Gasteiger partial charge in [-0.1, -0.05) is 35.9 Å². The molecule has 3 aromatic carbocycles. The Morgan fingerprint density at radius 3 is 2.48 bits per heavy atom. The van der Waals surface area contributed by atoms with Gasteiger partial charge < -0.3 is 10.1 Å². The Morgan fingerprint density at radius 2 is 1.77 bits per heavy atom. The maximum absolute atomic E-state index is 13.3. The summed E-state index contributed by atoms with van der Waals surface area (Å²) in [6.07, 6.45) is 1.76. The molecular weight excluding hydrogens is 415 g/mol. The maximum Gasteiger partial charge on any atom is 0.251 e. The Labute approximate surface area is 187 Å². The highest BCUT2D eigenvalue weighted by Gasteiger charge is 2.21. The van der Waals surface area contributed by atoms with Gasteiger partial charge in [0.05, 0.1) is 11.6 Å². The lowest BCUT2D eigenvalue weighted by Gasteiger charge is -2.32. The Morgan fingerprint density at radius 1 is 1.06 bits per heavy atom. The molecule has 1 amide bonds. The van der Waals surface area contributed by atoms with E-state index in [2.05, 4.69) is 46.6 Å². The Bertz CT molecular complexity index is 1080. The fourth-order valence-corrected chi connectivity index (χ4v) is 4.28. The van der Waals surface area contributed by atoms with Crippen LogP contribution < -0.4 is 5.32 Å². The van der Waals surface area contributed by atoms with E-state index in [-0.39, 0.29) is 17.0 Å². The number of fused-ring (bicyclic) bond motifs is 1. The van der Waals surface area contributed by atoms with Crippen molar-refractivity contribution in [1.82, 2.24) is 10.2 Å². The van der Waals surface area contributed by atoms with Crippen molar-refractivity contribution in [2.24, 2.45) is 0 Å². The van der Waals surface area contributed by atoms with Gasteiger partial charge in [-0.25, -0.2) is 4.39 Å². The molecule has 1 aliphatic rings. The molecule has 1 fully saturated rings. The number of hydrogen-bond acceptors (Lipinski definition) is 3. The van der Waals surface area contributed by atoms with Crippen molar-refractivity contribution >= 4 is 28.3 Å². The van der Waals surface area contributed by atoms with Crippen molar-refractivity contribution in [3.63, 3.8) is 0 Å². The summed E-state index contributed by atoms with van der Waals surface area (Å²) < 4.78 is 18.6. The molecule has 162 valence electrons. The standard InChI is InChI=1S/C25H26ClFN2O2/c1-31-16-18-3-5-19-4-2-17(12-21(19)13-18)15-29-10-8-22(9-11-29)28-25(30)20-6-7-24(27)23(26)14-20/h2-7,12-14,22H,8-11,15-16H2,1H3,(H,28,30). The Kier molecular flexibility index (Phi) is 6.86. The molecule has 6 heteroatoms. The number of halogens is 2. The van der Waals surface area contributed by atoms with Gasteiger partial charge in [-0.2, -0.15) is 0 Å². The third kappa shape index (κ3) is 5.42. The summed E-state index contributed by atoms with van der Waals surface area (Å²) in [5, 5.41) is 5.47. The summed E-state index contributed by atoms with van der Waals surface area (Å²) in [7, 11) is 1.71. The van der Waals surface area contributed by atoms with E-state index >= 15 is 0 Å². The number of likely N-dealkylation sites (tertiary alicyclic amines) is 1. The zero-order valence-electron chi connectivity index (χ0n) is 17.5. The van der Waals surface area contributed by atoms with Crippen LogP contribution in [0, 0.1) is 5.82 Å². The second-order valence-corrected chi connectivity index (χ2v) is 8.51. The lowest BCUT2D eigenvalue weighted by molar-refractivity contribution is 0.0909. The number of piperidine rings is 1. The van der Waals surface area contributed by atoms with Crippen molar-refractivity contribution in [1.29, 1.82) is 0 Å². The number of carbonyl (C=O) groups is 1. The lowest BCUT2D eigenvalue weighted by Crippen LogP contribution is -2.44. The molecule has 1 aliphatic heterocycles. The molecule has 0 saturated carbocycles. The summed E-state index contributed by atoms with van der Waals surface area (Å²) in [6.45, 7) is 3.33. The monoisotopic (exact) mass is 440 g/mol. The number of carbonyl (C=O) groups excluding carboxylic acids is 1. The molecule has 0 aliphatic carbocycles. The van der Waals surface area contributed by atoms with Crippen LogP contribution in [0.5, 0.6) is 0 Å². The van der Waals surface area contributed by atoms with E-state index in [4.69, 9.17) is 16.3 Å². The van der Waals surface area contributed by atoms with E-state index in [9.17, 15) is 9.18 Å². The van der Waals surface area contributed by atoms with Crippen molar-refractivity contribution in [3.8, 4) is 0 Å². The molecule has 4 rings (SSSR count). The summed E-state index contributed by atoms with van der Waals surface area (Å²) in [5.74, 6) is -0.725. The fourth-order valence-electron chi connectivity index (χ4n) is 4.10. The highest BCUT2D eigenvalue weighted by Crippen LogP contribution is 2.21. The van der Waals surface area contributed by atoms with Gasteiger partial charge in [0, 0.05) is 38.3 Å². The minimum absolute atomic E-state index is 0.0350. The van der Waals surface area contributed by atoms with Crippen molar-refractivity contribution in [3.05, 3.63) is 82.1 Å². The minimum atomic E-state index is -0.518. The van der Waals surface area contributed by atoms with E-state index < -0.39 is 5.82 Å². The Hall–Kier alpha value is -2.47. The summed E-state index contributed by atoms with van der Waals surface area (Å²) in [6, 6.07) is 17.2. The summed E-state index contributed by atoms with van der Waals surface area (Å²) in [4.78, 5) is 14.8. The van der Waals surface area contributed by atoms with E-state index in [0.717, 1.165) is 32.5 Å². The van der Waals surface area contributed by atoms with Gasteiger partial charge in [0.2, 0.25) is 0 Å². The molecule has 0 atom stereocenters. The van der Waals surface area contributed by atoms with Crippen LogP contribution in [-0.2, 0) is 17.9 Å². The first-order chi connectivity index (χ1) is 15.0. The van der Waals surface area contributed by atoms with E-state index in [1.165, 1.54) is 40.1 Å². The number of hydrogen-bond donors (Lipinski definition) is 1. The number of methoxy groups -OCH3 is 1. The van der Waals surface area contributed by atoms with E-state index in [1.54, 1.807) is 7.11 Å². The Balaban J connectivity index is 1.32. The van der Waals surface area contributed by atoms with Gasteiger partial charge in [-0.15, -0.1) is 0 Å². The summed E-state index contributed by atoms with van der Waals surface area (Å²) in [5.41, 5.74) is 2.84. The number of benzene rings is 3. The molecular formula is C25H26ClFN2O2. The molecule has 0 unspecified atom stereocenters. The summed E-state index contributed by atoms with van der Waals surface area (Å²) >= 11 is 5.79. The molecule has 3 aromatic rings. The molecule has 0 radical (unpaired) electrons. The zero-order valence-corrected chi connectivity index (χ0v) is 18.3. The van der Waals surface area contributed by atoms with Gasteiger partial charge >= 0.3 is 0 Å². The quantitative estimate of drug-likeness (QED) is 0.574. The average Bonchev–Trinajstić information content (AvgIpc) is 2.77. The van der Waals surface area contributed by atoms with Crippen LogP contribution in [0.2, 0.25) is 5.02 Å². The predicted octanol–water partition coefficient (Wildman–Crippen LogP) is 5.17. The van der Waals surface area contributed by atoms with Crippen LogP contribution in [0.3, 0.4) is 0 Å². The molecule has 31 heavy (non-hydrogen) atoms. The maximum atomic E-state index is 13.3. The number of ether oxygens (including phenoxy) is 1. The van der Waals surface area contributed by atoms with Gasteiger partial charge in [-0.3, -0.25) is 9.69 Å². The SMILES string of the molecule is COCc1ccc2ccc(CN3CCC(NC(=O)c4ccc(F)c(Cl)c4)CC3)cc2c1. The lowest BCUT2D eigenvalue weighted by atomic mass is 10.0. The number of nitrogens with zero attached hydrogens (tertiary/aromatic N) is 1. The van der Waals surface area contributed by atoms with Crippen LogP contribution >= 0.6 is 11.6 Å². The first-order valence-corrected chi connectivity index (χ1v) is 10.9. The van der Waals surface area contributed by atoms with Crippen LogP contribution in [0.15, 0.2) is 54.6 Å². The normalized spacial score (nSPS) is 15.3. The van der Waals surface area contributed by atoms with Crippen molar-refractivity contribution < 1.29 is 13.9 Å². The van der Waals surface area contributed by atoms with Gasteiger partial charge in [0.25, 0.3) is 5.91 Å². The smallest absolute Gasteiger partial charge is 0.251 e. The van der Waals surface area contributed by atoms with Crippen LogP contribution in [0.1, 0.15) is 34.3 Å². The molecule has 1 saturated heterocycles. The average molecular weight is 441 g/mol. The van der Waals surface area contributed by atoms with Gasteiger partial charge in [-0.05, 0) is 65.1 Å². The second kappa shape index (κ2) is 9.77. The number of amides is 1. The van der Waals surface area contributed by atoms with Crippen LogP contribution in [0.4, 0.5) is 4.39 Å². The zero-order chi connectivity index (χ0) is 21.8. The molecule has 0 bridgehead atoms. The molecule has 1 N–H and O–H groups in total. The number of rotatable bonds is 6. The molecule has 4 nitrogen and oxygen atoms in total. The van der Waals surface area contributed by atoms with Crippen molar-refractivity contribution in [2.75, 3.05) is 20.2 Å². The largest absolute Gasteiger partial charge is 0.380 e. The fraction of sp³-hybridized carbons (Fsp3) is 0.320. The van der Waals surface area contributed by atoms with E-state index in [1.807, 2.05) is 0 Å². The molecule has 1 heterocycles. The highest BCUT2D eigenvalue weighted by molar-refractivity contribution is 6.31. The van der Waals surface area contributed by atoms with Crippen molar-refractivity contribution in [2.45, 2.75) is 32.0 Å². The minimum Gasteiger partial charge on any atom is -0.380 e. The van der Waals surface area contributed by atoms with E-state index in [0.29, 0.717) is 12.2 Å². The second-order valence-electron chi connectivity index (χ2n) is 8.10. The van der Waals surface area contributed by atoms with Gasteiger partial charge in [0.1, 0.15) is 5.82 Å². The first-order valence-electron chi connectivity index (χ1n) is 10.5. The predicted molar refractivity (Wildman–Crippen MR) is 122 cm³/mol. The van der Waals surface area contributed by atoms with Crippen LogP contribution in [-0.4, -0.2) is 37.0 Å². The van der Waals surface area contributed by atoms with Gasteiger partial charge in [0.15, 0.2) is 0 Å².